The van der Waals surface area contributed by atoms with Crippen LogP contribution in [0.15, 0.2) is 42.5 Å². The van der Waals surface area contributed by atoms with Gasteiger partial charge in [-0.15, -0.1) is 0 Å². The van der Waals surface area contributed by atoms with Gasteiger partial charge in [0.25, 0.3) is 0 Å². The van der Waals surface area contributed by atoms with Gasteiger partial charge in [0.2, 0.25) is 5.91 Å². The van der Waals surface area contributed by atoms with Crippen LogP contribution >= 0.6 is 0 Å². The zero-order valence-electron chi connectivity index (χ0n) is 15.1. The monoisotopic (exact) mass is 377 g/mol. The summed E-state index contributed by atoms with van der Waals surface area (Å²) in [4.78, 5) is 24.0. The molecular formula is C20H21F2NO4. The largest absolute Gasteiger partial charge is 0.462 e. The lowest BCUT2D eigenvalue weighted by Crippen LogP contribution is -2.15. The number of carbonyl (C=O) groups excluding carboxylic acids is 2. The number of carbonyl (C=O) groups is 2. The molecule has 0 fully saturated rings. The van der Waals surface area contributed by atoms with E-state index in [4.69, 9.17) is 4.74 Å². The summed E-state index contributed by atoms with van der Waals surface area (Å²) in [6.07, 6.45) is 0.533. The number of rotatable bonds is 8. The minimum atomic E-state index is -2.97. The predicted molar refractivity (Wildman–Crippen MR) is 97.1 cm³/mol. The van der Waals surface area contributed by atoms with Crippen molar-refractivity contribution >= 4 is 17.6 Å². The topological polar surface area (TPSA) is 64.6 Å². The molecule has 0 aliphatic rings. The van der Waals surface area contributed by atoms with Crippen LogP contribution in [0.5, 0.6) is 5.75 Å². The van der Waals surface area contributed by atoms with Crippen molar-refractivity contribution < 1.29 is 27.8 Å². The van der Waals surface area contributed by atoms with Gasteiger partial charge in [-0.1, -0.05) is 24.3 Å². The molecule has 0 heterocycles. The fraction of sp³-hybridized carbons (Fsp3) is 0.300. The van der Waals surface area contributed by atoms with Crippen LogP contribution in [0.2, 0.25) is 0 Å². The van der Waals surface area contributed by atoms with Crippen LogP contribution in [0.25, 0.3) is 0 Å². The highest BCUT2D eigenvalue weighted by Gasteiger charge is 2.12. The van der Waals surface area contributed by atoms with Crippen molar-refractivity contribution in [3.05, 3.63) is 59.2 Å². The number of alkyl halides is 2. The number of esters is 1. The molecule has 0 bridgehead atoms. The van der Waals surface area contributed by atoms with E-state index in [1.807, 2.05) is 32.0 Å². The van der Waals surface area contributed by atoms with E-state index in [0.717, 1.165) is 16.8 Å². The lowest BCUT2D eigenvalue weighted by Gasteiger charge is -2.11. The van der Waals surface area contributed by atoms with E-state index in [-0.39, 0.29) is 30.2 Å². The fourth-order valence-corrected chi connectivity index (χ4v) is 2.49. The van der Waals surface area contributed by atoms with E-state index < -0.39 is 12.6 Å². The Labute approximate surface area is 156 Å². The van der Waals surface area contributed by atoms with Crippen molar-refractivity contribution in [2.75, 3.05) is 11.9 Å². The highest BCUT2D eigenvalue weighted by Crippen LogP contribution is 2.20. The van der Waals surface area contributed by atoms with Crippen LogP contribution in [-0.4, -0.2) is 25.1 Å². The normalized spacial score (nSPS) is 10.6. The summed E-state index contributed by atoms with van der Waals surface area (Å²) in [6, 6.07) is 11.1. The predicted octanol–water partition coefficient (Wildman–Crippen LogP) is 4.48. The summed E-state index contributed by atoms with van der Waals surface area (Å²) in [5.74, 6) is -0.951. The van der Waals surface area contributed by atoms with Crippen molar-refractivity contribution in [2.24, 2.45) is 0 Å². The van der Waals surface area contributed by atoms with Crippen molar-refractivity contribution in [3.63, 3.8) is 0 Å². The SMILES string of the molecule is Cc1cccc(C)c1NC(=O)CCCOC(=O)c1cccc(OC(F)F)c1. The summed E-state index contributed by atoms with van der Waals surface area (Å²) in [6.45, 7) is 0.900. The summed E-state index contributed by atoms with van der Waals surface area (Å²) in [5, 5.41) is 2.86. The second-order valence-corrected chi connectivity index (χ2v) is 5.96. The molecule has 0 saturated heterocycles. The lowest BCUT2D eigenvalue weighted by atomic mass is 10.1. The van der Waals surface area contributed by atoms with Crippen molar-refractivity contribution in [3.8, 4) is 5.75 Å². The number of hydrogen-bond acceptors (Lipinski definition) is 4. The Morgan fingerprint density at radius 3 is 2.41 bits per heavy atom. The highest BCUT2D eigenvalue weighted by atomic mass is 19.3. The highest BCUT2D eigenvalue weighted by molar-refractivity contribution is 5.92. The molecule has 0 spiro atoms. The number of halogens is 2. The zero-order valence-corrected chi connectivity index (χ0v) is 15.1. The van der Waals surface area contributed by atoms with Gasteiger partial charge >= 0.3 is 12.6 Å². The maximum atomic E-state index is 12.2. The Kier molecular flexibility index (Phi) is 7.28. The van der Waals surface area contributed by atoms with Crippen LogP contribution in [0.4, 0.5) is 14.5 Å². The number of ether oxygens (including phenoxy) is 2. The van der Waals surface area contributed by atoms with E-state index in [2.05, 4.69) is 10.1 Å². The van der Waals surface area contributed by atoms with Gasteiger partial charge in [-0.3, -0.25) is 4.79 Å². The van der Waals surface area contributed by atoms with E-state index >= 15 is 0 Å². The third-order valence-electron chi connectivity index (χ3n) is 3.82. The average Bonchev–Trinajstić information content (AvgIpc) is 2.61. The van der Waals surface area contributed by atoms with Crippen molar-refractivity contribution in [2.45, 2.75) is 33.3 Å². The molecule has 2 aromatic rings. The zero-order chi connectivity index (χ0) is 19.8. The molecule has 5 nitrogen and oxygen atoms in total. The van der Waals surface area contributed by atoms with Crippen LogP contribution < -0.4 is 10.1 Å². The van der Waals surface area contributed by atoms with Gasteiger partial charge in [0.1, 0.15) is 5.75 Å². The number of amides is 1. The number of aryl methyl sites for hydroxylation is 2. The molecule has 2 rings (SSSR count). The first-order valence-electron chi connectivity index (χ1n) is 8.45. The molecule has 0 saturated carbocycles. The van der Waals surface area contributed by atoms with E-state index in [1.54, 1.807) is 0 Å². The summed E-state index contributed by atoms with van der Waals surface area (Å²) in [7, 11) is 0. The Morgan fingerprint density at radius 2 is 1.74 bits per heavy atom. The van der Waals surface area contributed by atoms with Crippen LogP contribution in [0.3, 0.4) is 0 Å². The molecule has 7 heteroatoms. The summed E-state index contributed by atoms with van der Waals surface area (Å²) < 4.78 is 33.7. The van der Waals surface area contributed by atoms with Gasteiger partial charge in [0.05, 0.1) is 12.2 Å². The second kappa shape index (κ2) is 9.66. The average molecular weight is 377 g/mol. The molecular weight excluding hydrogens is 356 g/mol. The summed E-state index contributed by atoms with van der Waals surface area (Å²) >= 11 is 0. The van der Waals surface area contributed by atoms with Crippen LogP contribution in [0, 0.1) is 13.8 Å². The smallest absolute Gasteiger partial charge is 0.387 e. The molecule has 27 heavy (non-hydrogen) atoms. The first kappa shape index (κ1) is 20.4. The van der Waals surface area contributed by atoms with Gasteiger partial charge in [-0.25, -0.2) is 4.79 Å². The van der Waals surface area contributed by atoms with Gasteiger partial charge in [0.15, 0.2) is 0 Å². The molecule has 0 atom stereocenters. The molecule has 1 amide bonds. The van der Waals surface area contributed by atoms with Gasteiger partial charge in [-0.05, 0) is 49.6 Å². The number of benzene rings is 2. The standard InChI is InChI=1S/C20H21F2NO4/c1-13-6-3-7-14(2)18(13)23-17(24)10-5-11-26-19(25)15-8-4-9-16(12-15)27-20(21)22/h3-4,6-9,12,20H,5,10-11H2,1-2H3,(H,23,24). The van der Waals surface area contributed by atoms with Crippen LogP contribution in [0.1, 0.15) is 34.3 Å². The molecule has 0 aliphatic heterocycles. The molecule has 0 radical (unpaired) electrons. The lowest BCUT2D eigenvalue weighted by molar-refractivity contribution is -0.116. The second-order valence-electron chi connectivity index (χ2n) is 5.96. The maximum Gasteiger partial charge on any atom is 0.387 e. The number of hydrogen-bond donors (Lipinski definition) is 1. The van der Waals surface area contributed by atoms with Gasteiger partial charge in [0, 0.05) is 12.1 Å². The molecule has 0 aliphatic carbocycles. The van der Waals surface area contributed by atoms with Crippen molar-refractivity contribution in [1.29, 1.82) is 0 Å². The van der Waals surface area contributed by atoms with E-state index in [9.17, 15) is 18.4 Å². The van der Waals surface area contributed by atoms with Crippen LogP contribution in [-0.2, 0) is 9.53 Å². The van der Waals surface area contributed by atoms with E-state index in [1.165, 1.54) is 24.3 Å². The Hall–Kier alpha value is -2.96. The minimum Gasteiger partial charge on any atom is -0.462 e. The Balaban J connectivity index is 1.78. The first-order chi connectivity index (χ1) is 12.9. The van der Waals surface area contributed by atoms with E-state index in [0.29, 0.717) is 6.42 Å². The minimum absolute atomic E-state index is 0.0406. The van der Waals surface area contributed by atoms with Gasteiger partial charge in [-0.2, -0.15) is 8.78 Å². The number of para-hydroxylation sites is 1. The third-order valence-corrected chi connectivity index (χ3v) is 3.82. The third kappa shape index (κ3) is 6.36. The molecule has 2 aromatic carbocycles. The number of anilines is 1. The van der Waals surface area contributed by atoms with Gasteiger partial charge < -0.3 is 14.8 Å². The Bertz CT molecular complexity index is 788. The molecule has 144 valence electrons. The quantitative estimate of drug-likeness (QED) is 0.544. The Morgan fingerprint density at radius 1 is 1.07 bits per heavy atom. The number of nitrogens with one attached hydrogen (secondary N) is 1. The fourth-order valence-electron chi connectivity index (χ4n) is 2.49. The maximum absolute atomic E-state index is 12.2. The summed E-state index contributed by atoms with van der Waals surface area (Å²) in [5.41, 5.74) is 2.84. The molecule has 1 N–H and O–H groups in total. The van der Waals surface area contributed by atoms with Crippen molar-refractivity contribution in [1.82, 2.24) is 0 Å². The molecule has 0 aromatic heterocycles. The molecule has 0 unspecified atom stereocenters. The first-order valence-corrected chi connectivity index (χ1v) is 8.45.